The van der Waals surface area contributed by atoms with Gasteiger partial charge in [-0.1, -0.05) is 68.4 Å². The first kappa shape index (κ1) is 22.5. The first-order chi connectivity index (χ1) is 14.6. The van der Waals surface area contributed by atoms with Crippen molar-refractivity contribution >= 4 is 5.91 Å². The summed E-state index contributed by atoms with van der Waals surface area (Å²) in [6.45, 7) is 11.8. The van der Waals surface area contributed by atoms with Crippen molar-refractivity contribution in [1.82, 2.24) is 20.0 Å². The highest BCUT2D eigenvalue weighted by Crippen LogP contribution is 2.22. The van der Waals surface area contributed by atoms with Crippen molar-refractivity contribution in [3.63, 3.8) is 0 Å². The standard InChI is InChI=1S/C25H36N4O/c1-4-28(5-2)20-22-11-9-10-21(18-22)19-26-25(30)24(23-12-7-6-8-13-23)29-16-14-27(3)15-17-29/h6-13,18,24H,4-5,14-17,19-20H2,1-3H3,(H,26,30)/t24-/m1/s1. The lowest BCUT2D eigenvalue weighted by Gasteiger charge is -2.37. The zero-order chi connectivity index (χ0) is 21.3. The second kappa shape index (κ2) is 11.3. The van der Waals surface area contributed by atoms with Gasteiger partial charge in [0.05, 0.1) is 0 Å². The minimum absolute atomic E-state index is 0.0832. The summed E-state index contributed by atoms with van der Waals surface area (Å²) in [5.41, 5.74) is 3.51. The van der Waals surface area contributed by atoms with E-state index in [1.807, 2.05) is 18.2 Å². The van der Waals surface area contributed by atoms with Gasteiger partial charge in [-0.15, -0.1) is 0 Å². The highest BCUT2D eigenvalue weighted by molar-refractivity contribution is 5.83. The first-order valence-corrected chi connectivity index (χ1v) is 11.2. The van der Waals surface area contributed by atoms with E-state index in [4.69, 9.17) is 0 Å². The molecule has 0 saturated carbocycles. The van der Waals surface area contributed by atoms with Gasteiger partial charge >= 0.3 is 0 Å². The van der Waals surface area contributed by atoms with Crippen LogP contribution in [0.2, 0.25) is 0 Å². The molecular formula is C25H36N4O. The zero-order valence-electron chi connectivity index (χ0n) is 18.7. The average Bonchev–Trinajstić information content (AvgIpc) is 2.78. The Kier molecular flexibility index (Phi) is 8.43. The highest BCUT2D eigenvalue weighted by atomic mass is 16.2. The number of carbonyl (C=O) groups excluding carboxylic acids is 1. The first-order valence-electron chi connectivity index (χ1n) is 11.2. The van der Waals surface area contributed by atoms with E-state index in [1.54, 1.807) is 0 Å². The third-order valence-corrected chi connectivity index (χ3v) is 6.03. The molecule has 2 aromatic rings. The summed E-state index contributed by atoms with van der Waals surface area (Å²) < 4.78 is 0. The predicted octanol–water partition coefficient (Wildman–Crippen LogP) is 3.13. The maximum absolute atomic E-state index is 13.3. The number of piperazine rings is 1. The maximum Gasteiger partial charge on any atom is 0.242 e. The predicted molar refractivity (Wildman–Crippen MR) is 123 cm³/mol. The van der Waals surface area contributed by atoms with Crippen LogP contribution in [0.5, 0.6) is 0 Å². The number of nitrogens with one attached hydrogen (secondary N) is 1. The van der Waals surface area contributed by atoms with Gasteiger partial charge in [-0.05, 0) is 36.8 Å². The van der Waals surface area contributed by atoms with Crippen LogP contribution < -0.4 is 5.32 Å². The van der Waals surface area contributed by atoms with Gasteiger partial charge < -0.3 is 10.2 Å². The number of hydrogen-bond donors (Lipinski definition) is 1. The second-order valence-electron chi connectivity index (χ2n) is 8.15. The van der Waals surface area contributed by atoms with E-state index in [0.717, 1.165) is 56.9 Å². The number of nitrogens with zero attached hydrogens (tertiary/aromatic N) is 3. The molecule has 0 aromatic heterocycles. The third-order valence-electron chi connectivity index (χ3n) is 6.03. The molecule has 162 valence electrons. The van der Waals surface area contributed by atoms with Crippen molar-refractivity contribution in [3.8, 4) is 0 Å². The van der Waals surface area contributed by atoms with E-state index in [2.05, 4.69) is 77.3 Å². The smallest absolute Gasteiger partial charge is 0.242 e. The normalized spacial score (nSPS) is 16.5. The Balaban J connectivity index is 1.67. The molecule has 3 rings (SSSR count). The third kappa shape index (κ3) is 6.14. The van der Waals surface area contributed by atoms with Crippen molar-refractivity contribution < 1.29 is 4.79 Å². The molecule has 0 spiro atoms. The number of carbonyl (C=O) groups is 1. The van der Waals surface area contributed by atoms with Gasteiger partial charge in [0.25, 0.3) is 0 Å². The van der Waals surface area contributed by atoms with E-state index in [0.29, 0.717) is 6.54 Å². The fraction of sp³-hybridized carbons (Fsp3) is 0.480. The van der Waals surface area contributed by atoms with E-state index in [-0.39, 0.29) is 11.9 Å². The van der Waals surface area contributed by atoms with Crippen molar-refractivity contribution in [3.05, 3.63) is 71.3 Å². The molecule has 30 heavy (non-hydrogen) atoms. The molecule has 1 aliphatic heterocycles. The largest absolute Gasteiger partial charge is 0.350 e. The summed E-state index contributed by atoms with van der Waals surface area (Å²) in [6, 6.07) is 18.5. The minimum atomic E-state index is -0.237. The van der Waals surface area contributed by atoms with Crippen molar-refractivity contribution in [2.24, 2.45) is 0 Å². The Morgan fingerprint density at radius 3 is 2.30 bits per heavy atom. The van der Waals surface area contributed by atoms with Crippen molar-refractivity contribution in [2.45, 2.75) is 33.0 Å². The molecule has 0 unspecified atom stereocenters. The van der Waals surface area contributed by atoms with Gasteiger partial charge in [-0.2, -0.15) is 0 Å². The summed E-state index contributed by atoms with van der Waals surface area (Å²) in [6.07, 6.45) is 0. The molecule has 5 nitrogen and oxygen atoms in total. The van der Waals surface area contributed by atoms with E-state index < -0.39 is 0 Å². The van der Waals surface area contributed by atoms with Crippen molar-refractivity contribution in [2.75, 3.05) is 46.3 Å². The van der Waals surface area contributed by atoms with Gasteiger partial charge in [-0.3, -0.25) is 14.6 Å². The highest BCUT2D eigenvalue weighted by Gasteiger charge is 2.29. The van der Waals surface area contributed by atoms with Gasteiger partial charge in [-0.25, -0.2) is 0 Å². The van der Waals surface area contributed by atoms with Gasteiger partial charge in [0.15, 0.2) is 0 Å². The summed E-state index contributed by atoms with van der Waals surface area (Å²) in [7, 11) is 2.14. The van der Waals surface area contributed by atoms with Gasteiger partial charge in [0.1, 0.15) is 6.04 Å². The number of hydrogen-bond acceptors (Lipinski definition) is 4. The molecule has 1 amide bonds. The van der Waals surface area contributed by atoms with E-state index in [1.165, 1.54) is 5.56 Å². The molecule has 0 radical (unpaired) electrons. The van der Waals surface area contributed by atoms with Crippen LogP contribution in [0.15, 0.2) is 54.6 Å². The summed E-state index contributed by atoms with van der Waals surface area (Å²) in [5, 5.41) is 3.21. The monoisotopic (exact) mass is 408 g/mol. The Morgan fingerprint density at radius 2 is 1.63 bits per heavy atom. The van der Waals surface area contributed by atoms with Crippen LogP contribution in [0.3, 0.4) is 0 Å². The lowest BCUT2D eigenvalue weighted by atomic mass is 10.0. The molecule has 1 heterocycles. The Hall–Kier alpha value is -2.21. The van der Waals surface area contributed by atoms with E-state index >= 15 is 0 Å². The number of rotatable bonds is 9. The summed E-state index contributed by atoms with van der Waals surface area (Å²) >= 11 is 0. The second-order valence-corrected chi connectivity index (χ2v) is 8.15. The molecule has 1 aliphatic rings. The molecular weight excluding hydrogens is 372 g/mol. The van der Waals surface area contributed by atoms with Gasteiger partial charge in [0, 0.05) is 39.3 Å². The Bertz CT molecular complexity index is 783. The molecule has 2 aromatic carbocycles. The average molecular weight is 409 g/mol. The van der Waals surface area contributed by atoms with Crippen LogP contribution in [-0.4, -0.2) is 66.9 Å². The van der Waals surface area contributed by atoms with Crippen LogP contribution in [0, 0.1) is 0 Å². The number of benzene rings is 2. The van der Waals surface area contributed by atoms with Gasteiger partial charge in [0.2, 0.25) is 5.91 Å². The fourth-order valence-corrected chi connectivity index (χ4v) is 4.07. The molecule has 1 N–H and O–H groups in total. The van der Waals surface area contributed by atoms with Crippen molar-refractivity contribution in [1.29, 1.82) is 0 Å². The van der Waals surface area contributed by atoms with Crippen LogP contribution in [0.4, 0.5) is 0 Å². The maximum atomic E-state index is 13.3. The molecule has 1 fully saturated rings. The zero-order valence-corrected chi connectivity index (χ0v) is 18.7. The van der Waals surface area contributed by atoms with Crippen LogP contribution in [-0.2, 0) is 17.9 Å². The minimum Gasteiger partial charge on any atom is -0.350 e. The van der Waals surface area contributed by atoms with Crippen LogP contribution in [0.25, 0.3) is 0 Å². The molecule has 1 atom stereocenters. The Labute approximate surface area is 181 Å². The number of likely N-dealkylation sites (N-methyl/N-ethyl adjacent to an activating group) is 1. The fourth-order valence-electron chi connectivity index (χ4n) is 4.07. The van der Waals surface area contributed by atoms with Crippen LogP contribution >= 0.6 is 0 Å². The molecule has 1 saturated heterocycles. The molecule has 0 aliphatic carbocycles. The quantitative estimate of drug-likeness (QED) is 0.692. The molecule has 5 heteroatoms. The summed E-state index contributed by atoms with van der Waals surface area (Å²) in [4.78, 5) is 20.3. The topological polar surface area (TPSA) is 38.8 Å². The SMILES string of the molecule is CCN(CC)Cc1cccc(CNC(=O)[C@@H](c2ccccc2)N2CCN(C)CC2)c1. The Morgan fingerprint density at radius 1 is 0.967 bits per heavy atom. The lowest BCUT2D eigenvalue weighted by molar-refractivity contribution is -0.127. The van der Waals surface area contributed by atoms with E-state index in [9.17, 15) is 4.79 Å². The van der Waals surface area contributed by atoms with Crippen LogP contribution in [0.1, 0.15) is 36.6 Å². The lowest BCUT2D eigenvalue weighted by Crippen LogP contribution is -2.49. The number of amides is 1. The molecule has 0 bridgehead atoms. The summed E-state index contributed by atoms with van der Waals surface area (Å²) in [5.74, 6) is 0.0832.